The number of hydrogen-bond donors (Lipinski definition) is 3. The van der Waals surface area contributed by atoms with Gasteiger partial charge in [-0.15, -0.1) is 0 Å². The van der Waals surface area contributed by atoms with Crippen LogP contribution in [0.3, 0.4) is 0 Å². The summed E-state index contributed by atoms with van der Waals surface area (Å²) in [5.74, 6) is -0.141. The summed E-state index contributed by atoms with van der Waals surface area (Å²) in [4.78, 5) is 0. The van der Waals surface area contributed by atoms with Gasteiger partial charge in [-0.3, -0.25) is 10.1 Å². The van der Waals surface area contributed by atoms with Gasteiger partial charge in [0.1, 0.15) is 5.84 Å². The lowest BCUT2D eigenvalue weighted by atomic mass is 10.1. The largest absolute Gasteiger partial charge is 0.384 e. The highest BCUT2D eigenvalue weighted by molar-refractivity contribution is 7.90. The zero-order valence-electron chi connectivity index (χ0n) is 10.8. The van der Waals surface area contributed by atoms with E-state index in [2.05, 4.69) is 4.72 Å². The summed E-state index contributed by atoms with van der Waals surface area (Å²) in [7, 11) is -3.55. The van der Waals surface area contributed by atoms with Crippen LogP contribution >= 0.6 is 0 Å². The molecule has 0 unspecified atom stereocenters. The normalized spacial score (nSPS) is 16.5. The summed E-state index contributed by atoms with van der Waals surface area (Å²) in [6.07, 6.45) is 1.77. The zero-order chi connectivity index (χ0) is 14.0. The Labute approximate surface area is 113 Å². The molecule has 19 heavy (non-hydrogen) atoms. The van der Waals surface area contributed by atoms with Crippen molar-refractivity contribution < 1.29 is 8.42 Å². The number of nitrogens with one attached hydrogen (secondary N) is 2. The smallest absolute Gasteiger partial charge is 0.301 e. The van der Waals surface area contributed by atoms with Crippen LogP contribution in [0.25, 0.3) is 0 Å². The molecule has 1 aromatic carbocycles. The van der Waals surface area contributed by atoms with E-state index in [1.165, 1.54) is 4.31 Å². The molecule has 0 saturated carbocycles. The molecular formula is C12H18N4O2S. The Bertz CT molecular complexity index is 592. The van der Waals surface area contributed by atoms with Gasteiger partial charge in [0.05, 0.1) is 5.69 Å². The van der Waals surface area contributed by atoms with Gasteiger partial charge in [0.25, 0.3) is 0 Å². The van der Waals surface area contributed by atoms with Crippen LogP contribution in [-0.4, -0.2) is 31.6 Å². The molecule has 1 aliphatic heterocycles. The third-order valence-corrected chi connectivity index (χ3v) is 4.71. The van der Waals surface area contributed by atoms with Crippen molar-refractivity contribution in [1.29, 1.82) is 5.41 Å². The van der Waals surface area contributed by atoms with E-state index in [9.17, 15) is 8.42 Å². The Hall–Kier alpha value is -1.60. The quantitative estimate of drug-likeness (QED) is 0.568. The SMILES string of the molecule is Cc1cccc(NS(=O)(=O)N2CCCC2)c1C(=N)N. The molecule has 0 radical (unpaired) electrons. The molecule has 1 aliphatic rings. The predicted molar refractivity (Wildman–Crippen MR) is 75.5 cm³/mol. The van der Waals surface area contributed by atoms with E-state index >= 15 is 0 Å². The lowest BCUT2D eigenvalue weighted by Gasteiger charge is -2.19. The minimum Gasteiger partial charge on any atom is -0.384 e. The summed E-state index contributed by atoms with van der Waals surface area (Å²) < 4.78 is 28.3. The van der Waals surface area contributed by atoms with E-state index in [0.29, 0.717) is 24.3 Å². The fourth-order valence-electron chi connectivity index (χ4n) is 2.24. The Morgan fingerprint density at radius 1 is 1.37 bits per heavy atom. The molecule has 104 valence electrons. The second-order valence-corrected chi connectivity index (χ2v) is 6.30. The first-order chi connectivity index (χ1) is 8.92. The van der Waals surface area contributed by atoms with Crippen LogP contribution in [0, 0.1) is 12.3 Å². The highest BCUT2D eigenvalue weighted by Crippen LogP contribution is 2.22. The lowest BCUT2D eigenvalue weighted by Crippen LogP contribution is -2.34. The van der Waals surface area contributed by atoms with E-state index in [0.717, 1.165) is 18.4 Å². The van der Waals surface area contributed by atoms with E-state index in [1.54, 1.807) is 25.1 Å². The monoisotopic (exact) mass is 282 g/mol. The number of anilines is 1. The molecule has 1 heterocycles. The summed E-state index contributed by atoms with van der Waals surface area (Å²) in [5, 5.41) is 7.56. The third-order valence-electron chi connectivity index (χ3n) is 3.19. The number of amidine groups is 1. The molecule has 1 fully saturated rings. The molecule has 0 atom stereocenters. The highest BCUT2D eigenvalue weighted by Gasteiger charge is 2.26. The highest BCUT2D eigenvalue weighted by atomic mass is 32.2. The van der Waals surface area contributed by atoms with Crippen molar-refractivity contribution >= 4 is 21.7 Å². The first-order valence-corrected chi connectivity index (χ1v) is 7.58. The Morgan fingerprint density at radius 2 is 2.00 bits per heavy atom. The average Bonchev–Trinajstić information content (AvgIpc) is 2.81. The molecule has 0 spiro atoms. The first kappa shape index (κ1) is 13.8. The van der Waals surface area contributed by atoms with Gasteiger partial charge in [-0.25, -0.2) is 0 Å². The fourth-order valence-corrected chi connectivity index (χ4v) is 3.56. The summed E-state index contributed by atoms with van der Waals surface area (Å²) in [6.45, 7) is 2.87. The van der Waals surface area contributed by atoms with Gasteiger partial charge < -0.3 is 5.73 Å². The van der Waals surface area contributed by atoms with Crippen molar-refractivity contribution in [3.05, 3.63) is 29.3 Å². The van der Waals surface area contributed by atoms with Gasteiger partial charge in [0.15, 0.2) is 0 Å². The van der Waals surface area contributed by atoms with Crippen LogP contribution in [0.2, 0.25) is 0 Å². The van der Waals surface area contributed by atoms with Crippen molar-refractivity contribution in [2.75, 3.05) is 17.8 Å². The maximum absolute atomic E-state index is 12.2. The Balaban J connectivity index is 2.33. The van der Waals surface area contributed by atoms with E-state index in [-0.39, 0.29) is 5.84 Å². The zero-order valence-corrected chi connectivity index (χ0v) is 11.6. The standard InChI is InChI=1S/C12H18N4O2S/c1-9-5-4-6-10(11(9)12(13)14)15-19(17,18)16-7-2-3-8-16/h4-6,15H,2-3,7-8H2,1H3,(H3,13,14). The van der Waals surface area contributed by atoms with Gasteiger partial charge in [-0.05, 0) is 31.4 Å². The summed E-state index contributed by atoms with van der Waals surface area (Å²) in [6, 6.07) is 5.16. The molecular weight excluding hydrogens is 264 g/mol. The average molecular weight is 282 g/mol. The maximum Gasteiger partial charge on any atom is 0.301 e. The minimum atomic E-state index is -3.55. The first-order valence-electron chi connectivity index (χ1n) is 6.14. The van der Waals surface area contributed by atoms with Crippen molar-refractivity contribution in [3.8, 4) is 0 Å². The Kier molecular flexibility index (Phi) is 3.77. The molecule has 7 heteroatoms. The van der Waals surface area contributed by atoms with Gasteiger partial charge in [0, 0.05) is 18.7 Å². The van der Waals surface area contributed by atoms with E-state index in [4.69, 9.17) is 11.1 Å². The predicted octanol–water partition coefficient (Wildman–Crippen LogP) is 1.03. The molecule has 2 rings (SSSR count). The summed E-state index contributed by atoms with van der Waals surface area (Å²) in [5.41, 5.74) is 7.09. The van der Waals surface area contributed by atoms with Gasteiger partial charge in [0.2, 0.25) is 0 Å². The number of hydrogen-bond acceptors (Lipinski definition) is 3. The third kappa shape index (κ3) is 2.87. The lowest BCUT2D eigenvalue weighted by molar-refractivity contribution is 0.482. The molecule has 0 amide bonds. The fraction of sp³-hybridized carbons (Fsp3) is 0.417. The number of aryl methyl sites for hydroxylation is 1. The van der Waals surface area contributed by atoms with Crippen LogP contribution in [0.15, 0.2) is 18.2 Å². The summed E-state index contributed by atoms with van der Waals surface area (Å²) >= 11 is 0. The number of benzene rings is 1. The van der Waals surface area contributed by atoms with Crippen molar-refractivity contribution in [2.24, 2.45) is 5.73 Å². The van der Waals surface area contributed by atoms with Crippen molar-refractivity contribution in [2.45, 2.75) is 19.8 Å². The van der Waals surface area contributed by atoms with E-state index < -0.39 is 10.2 Å². The molecule has 1 saturated heterocycles. The molecule has 0 aliphatic carbocycles. The number of nitrogens with two attached hydrogens (primary N) is 1. The van der Waals surface area contributed by atoms with E-state index in [1.807, 2.05) is 0 Å². The number of rotatable bonds is 4. The van der Waals surface area contributed by atoms with Gasteiger partial charge >= 0.3 is 10.2 Å². The van der Waals surface area contributed by atoms with Crippen LogP contribution < -0.4 is 10.5 Å². The molecule has 4 N–H and O–H groups in total. The Morgan fingerprint density at radius 3 is 2.58 bits per heavy atom. The second kappa shape index (κ2) is 5.18. The maximum atomic E-state index is 12.2. The molecule has 0 bridgehead atoms. The molecule has 6 nitrogen and oxygen atoms in total. The van der Waals surface area contributed by atoms with Gasteiger partial charge in [-0.2, -0.15) is 12.7 Å². The second-order valence-electron chi connectivity index (χ2n) is 4.62. The van der Waals surface area contributed by atoms with Crippen LogP contribution in [0.4, 0.5) is 5.69 Å². The molecule has 1 aromatic rings. The minimum absolute atomic E-state index is 0.141. The number of nitrogens with zero attached hydrogens (tertiary/aromatic N) is 1. The van der Waals surface area contributed by atoms with Crippen molar-refractivity contribution in [1.82, 2.24) is 4.31 Å². The number of nitrogen functional groups attached to an aromatic ring is 1. The van der Waals surface area contributed by atoms with Crippen molar-refractivity contribution in [3.63, 3.8) is 0 Å². The van der Waals surface area contributed by atoms with Gasteiger partial charge in [-0.1, -0.05) is 12.1 Å². The van der Waals surface area contributed by atoms with Crippen LogP contribution in [0.1, 0.15) is 24.0 Å². The van der Waals surface area contributed by atoms with Crippen LogP contribution in [0.5, 0.6) is 0 Å². The molecule has 0 aromatic heterocycles. The van der Waals surface area contributed by atoms with Crippen LogP contribution in [-0.2, 0) is 10.2 Å². The topological polar surface area (TPSA) is 99.3 Å².